The van der Waals surface area contributed by atoms with Gasteiger partial charge in [-0.3, -0.25) is 4.79 Å². The van der Waals surface area contributed by atoms with Crippen LogP contribution in [0.4, 0.5) is 5.69 Å². The Morgan fingerprint density at radius 3 is 2.39 bits per heavy atom. The van der Waals surface area contributed by atoms with E-state index in [1.807, 2.05) is 38.1 Å². The van der Waals surface area contributed by atoms with E-state index in [-0.39, 0.29) is 13.9 Å². The van der Waals surface area contributed by atoms with Gasteiger partial charge >= 0.3 is 0 Å². The van der Waals surface area contributed by atoms with Crippen molar-refractivity contribution in [3.05, 3.63) is 24.3 Å². The van der Waals surface area contributed by atoms with E-state index in [0.717, 1.165) is 11.4 Å². The van der Waals surface area contributed by atoms with Crippen molar-refractivity contribution in [1.82, 2.24) is 0 Å². The van der Waals surface area contributed by atoms with Crippen LogP contribution < -0.4 is 10.1 Å². The topological polar surface area (TPSA) is 38.3 Å². The molecule has 1 N–H and O–H groups in total. The summed E-state index contributed by atoms with van der Waals surface area (Å²) in [4.78, 5) is 10.8. The first-order valence-corrected chi connectivity index (χ1v) is 6.79. The van der Waals surface area contributed by atoms with Crippen LogP contribution in [0, 0.1) is 0 Å². The van der Waals surface area contributed by atoms with Crippen LogP contribution in [0.25, 0.3) is 0 Å². The molecule has 1 heterocycles. The number of ether oxygens (including phenoxy) is 1. The Morgan fingerprint density at radius 2 is 1.83 bits per heavy atom. The van der Waals surface area contributed by atoms with Gasteiger partial charge < -0.3 is 10.1 Å². The SMILES string of the molecule is CC.CCCCC.O=C1COc2ccccc2N1.[HH]. The van der Waals surface area contributed by atoms with Crippen LogP contribution in [-0.2, 0) is 4.79 Å². The fourth-order valence-corrected chi connectivity index (χ4v) is 1.38. The molecule has 1 aromatic carbocycles. The third-order valence-electron chi connectivity index (χ3n) is 2.23. The minimum atomic E-state index is -0.0938. The van der Waals surface area contributed by atoms with Crippen molar-refractivity contribution in [3.8, 4) is 5.75 Å². The molecule has 0 spiro atoms. The third-order valence-corrected chi connectivity index (χ3v) is 2.23. The zero-order valence-corrected chi connectivity index (χ0v) is 12.0. The number of nitrogens with one attached hydrogen (secondary N) is 1. The summed E-state index contributed by atoms with van der Waals surface area (Å²) >= 11 is 0. The first-order chi connectivity index (χ1) is 8.77. The van der Waals surface area contributed by atoms with Gasteiger partial charge in [0, 0.05) is 1.43 Å². The van der Waals surface area contributed by atoms with Gasteiger partial charge in [-0.05, 0) is 12.1 Å². The lowest BCUT2D eigenvalue weighted by molar-refractivity contribution is -0.118. The van der Waals surface area contributed by atoms with E-state index in [1.54, 1.807) is 0 Å². The highest BCUT2D eigenvalue weighted by Crippen LogP contribution is 2.25. The maximum atomic E-state index is 10.8. The minimum absolute atomic E-state index is 0. The second kappa shape index (κ2) is 10.6. The molecule has 3 heteroatoms. The van der Waals surface area contributed by atoms with Crippen molar-refractivity contribution < 1.29 is 11.0 Å². The molecule has 0 fully saturated rings. The van der Waals surface area contributed by atoms with Gasteiger partial charge in [-0.15, -0.1) is 0 Å². The number of rotatable bonds is 2. The summed E-state index contributed by atoms with van der Waals surface area (Å²) in [5, 5.41) is 2.70. The lowest BCUT2D eigenvalue weighted by Gasteiger charge is -2.16. The molecule has 0 unspecified atom stereocenters. The van der Waals surface area contributed by atoms with Crippen molar-refractivity contribution in [2.75, 3.05) is 11.9 Å². The van der Waals surface area contributed by atoms with E-state index in [4.69, 9.17) is 4.74 Å². The molecule has 0 saturated carbocycles. The molecule has 3 nitrogen and oxygen atoms in total. The van der Waals surface area contributed by atoms with Gasteiger partial charge in [-0.1, -0.05) is 59.1 Å². The Balaban J connectivity index is 0. The van der Waals surface area contributed by atoms with Crippen LogP contribution >= 0.6 is 0 Å². The molecule has 0 bridgehead atoms. The highest BCUT2D eigenvalue weighted by Gasteiger charge is 2.13. The van der Waals surface area contributed by atoms with Crippen LogP contribution in [0.5, 0.6) is 5.75 Å². The van der Waals surface area contributed by atoms with Crippen molar-refractivity contribution in [2.45, 2.75) is 47.0 Å². The summed E-state index contributed by atoms with van der Waals surface area (Å²) < 4.78 is 5.12. The number of carbonyl (C=O) groups excluding carboxylic acids is 1. The van der Waals surface area contributed by atoms with Crippen molar-refractivity contribution in [2.24, 2.45) is 0 Å². The minimum Gasteiger partial charge on any atom is -0.482 e. The third kappa shape index (κ3) is 6.28. The predicted octanol–water partition coefficient (Wildman–Crippen LogP) is 4.49. The maximum absolute atomic E-state index is 10.8. The van der Waals surface area contributed by atoms with E-state index in [2.05, 4.69) is 19.2 Å². The number of fused-ring (bicyclic) bond motifs is 1. The molecule has 104 valence electrons. The zero-order chi connectivity index (χ0) is 13.8. The highest BCUT2D eigenvalue weighted by atomic mass is 16.5. The number of carbonyl (C=O) groups is 1. The summed E-state index contributed by atoms with van der Waals surface area (Å²) in [6.45, 7) is 8.55. The summed E-state index contributed by atoms with van der Waals surface area (Å²) in [5.41, 5.74) is 0.753. The quantitative estimate of drug-likeness (QED) is 0.843. The monoisotopic (exact) mass is 253 g/mol. The molecule has 1 aromatic rings. The fraction of sp³-hybridized carbons (Fsp3) is 0.533. The summed E-state index contributed by atoms with van der Waals surface area (Å²) in [5.74, 6) is 0.649. The molecule has 2 rings (SSSR count). The van der Waals surface area contributed by atoms with Gasteiger partial charge in [0.15, 0.2) is 6.61 Å². The summed E-state index contributed by atoms with van der Waals surface area (Å²) in [6, 6.07) is 7.37. The second-order valence-corrected chi connectivity index (χ2v) is 3.69. The summed E-state index contributed by atoms with van der Waals surface area (Å²) in [7, 11) is 0. The molecule has 1 aliphatic heterocycles. The molecule has 1 aliphatic rings. The Kier molecular flexibility index (Phi) is 9.74. The molecular formula is C15H27NO2. The molecule has 18 heavy (non-hydrogen) atoms. The van der Waals surface area contributed by atoms with E-state index < -0.39 is 0 Å². The molecule has 0 aliphatic carbocycles. The maximum Gasteiger partial charge on any atom is 0.262 e. The average molecular weight is 253 g/mol. The number of amides is 1. The van der Waals surface area contributed by atoms with Gasteiger partial charge in [-0.25, -0.2) is 0 Å². The Labute approximate surface area is 112 Å². The molecule has 0 aromatic heterocycles. The largest absolute Gasteiger partial charge is 0.482 e. The van der Waals surface area contributed by atoms with Gasteiger partial charge in [0.2, 0.25) is 0 Å². The highest BCUT2D eigenvalue weighted by molar-refractivity contribution is 5.95. The number of para-hydroxylation sites is 2. The van der Waals surface area contributed by atoms with E-state index >= 15 is 0 Å². The van der Waals surface area contributed by atoms with Crippen molar-refractivity contribution in [3.63, 3.8) is 0 Å². The predicted molar refractivity (Wildman–Crippen MR) is 79.2 cm³/mol. The van der Waals surface area contributed by atoms with Crippen LogP contribution in [0.2, 0.25) is 0 Å². The number of unbranched alkanes of at least 4 members (excludes halogenated alkanes) is 2. The fourth-order valence-electron chi connectivity index (χ4n) is 1.38. The van der Waals surface area contributed by atoms with Crippen molar-refractivity contribution in [1.29, 1.82) is 0 Å². The smallest absolute Gasteiger partial charge is 0.262 e. The van der Waals surface area contributed by atoms with E-state index in [0.29, 0.717) is 0 Å². The summed E-state index contributed by atoms with van der Waals surface area (Å²) in [6.07, 6.45) is 4.08. The van der Waals surface area contributed by atoms with Crippen molar-refractivity contribution >= 4 is 11.6 Å². The number of hydrogen-bond acceptors (Lipinski definition) is 2. The zero-order valence-electron chi connectivity index (χ0n) is 12.0. The standard InChI is InChI=1S/C8H7NO2.C5H12.C2H6.H2/c10-8-5-11-7-4-2-1-3-6(7)9-8;1-3-5-4-2;1-2;/h1-4H,5H2,(H,9,10);3-5H2,1-2H3;1-2H3;1H. The van der Waals surface area contributed by atoms with Gasteiger partial charge in [-0.2, -0.15) is 0 Å². The molecule has 0 atom stereocenters. The number of benzene rings is 1. The Bertz CT molecular complexity index is 341. The molecular weight excluding hydrogens is 226 g/mol. The van der Waals surface area contributed by atoms with E-state index in [1.165, 1.54) is 19.3 Å². The lowest BCUT2D eigenvalue weighted by Crippen LogP contribution is -2.25. The van der Waals surface area contributed by atoms with Crippen LogP contribution in [0.3, 0.4) is 0 Å². The number of hydrogen-bond donors (Lipinski definition) is 1. The first-order valence-electron chi connectivity index (χ1n) is 6.79. The molecule has 0 saturated heterocycles. The van der Waals surface area contributed by atoms with E-state index in [9.17, 15) is 4.79 Å². The normalized spacial score (nSPS) is 11.7. The van der Waals surface area contributed by atoms with Crippen LogP contribution in [-0.4, -0.2) is 12.5 Å². The Morgan fingerprint density at radius 1 is 1.22 bits per heavy atom. The first kappa shape index (κ1) is 16.5. The second-order valence-electron chi connectivity index (χ2n) is 3.69. The van der Waals surface area contributed by atoms with Crippen LogP contribution in [0.1, 0.15) is 48.4 Å². The lowest BCUT2D eigenvalue weighted by atomic mass is 10.2. The average Bonchev–Trinajstić information content (AvgIpc) is 2.42. The molecule has 0 radical (unpaired) electrons. The van der Waals surface area contributed by atoms with Gasteiger partial charge in [0.05, 0.1) is 5.69 Å². The molecule has 1 amide bonds. The number of anilines is 1. The van der Waals surface area contributed by atoms with Gasteiger partial charge in [0.1, 0.15) is 5.75 Å². The Hall–Kier alpha value is -1.51. The van der Waals surface area contributed by atoms with Crippen LogP contribution in [0.15, 0.2) is 24.3 Å². The van der Waals surface area contributed by atoms with Gasteiger partial charge in [0.25, 0.3) is 5.91 Å².